The van der Waals surface area contributed by atoms with Gasteiger partial charge in [-0.05, 0) is 248 Å². The topological polar surface area (TPSA) is 90.6 Å². The first-order valence-electron chi connectivity index (χ1n) is 45.9. The van der Waals surface area contributed by atoms with Gasteiger partial charge < -0.3 is 0 Å². The summed E-state index contributed by atoms with van der Waals surface area (Å²) in [5.41, 5.74) is 45.1. The highest BCUT2D eigenvalue weighted by atomic mass is 15.0. The molecule has 31 rings (SSSR count). The van der Waals surface area contributed by atoms with Gasteiger partial charge in [0.25, 0.3) is 0 Å². The smallest absolute Gasteiger partial charge is 0.147 e. The van der Waals surface area contributed by atoms with Crippen molar-refractivity contribution >= 4 is 159 Å². The first-order valence-corrected chi connectivity index (χ1v) is 45.9. The molecule has 618 valence electrons. The van der Waals surface area contributed by atoms with Crippen LogP contribution in [-0.2, 0) is 5.41 Å². The van der Waals surface area contributed by atoms with Crippen LogP contribution in [0.1, 0.15) is 22.3 Å². The highest BCUT2D eigenvalue weighted by molar-refractivity contribution is 6.25. The summed E-state index contributed by atoms with van der Waals surface area (Å²) >= 11 is 0. The third kappa shape index (κ3) is 10.8. The van der Waals surface area contributed by atoms with Crippen molar-refractivity contribution in [3.05, 3.63) is 465 Å². The molecule has 0 bridgehead atoms. The van der Waals surface area contributed by atoms with Crippen molar-refractivity contribution < 1.29 is 0 Å². The summed E-state index contributed by atoms with van der Waals surface area (Å²) in [5, 5.41) is 13.8. The lowest BCUT2D eigenvalue weighted by molar-refractivity contribution is 0.794. The number of para-hydroxylation sites is 8. The van der Waals surface area contributed by atoms with Gasteiger partial charge in [-0.3, -0.25) is 18.2 Å². The Bertz CT molecular complexity index is 9900. The van der Waals surface area contributed by atoms with Gasteiger partial charge in [0.15, 0.2) is 0 Å². The van der Waals surface area contributed by atoms with E-state index in [-0.39, 0.29) is 5.41 Å². The summed E-state index contributed by atoms with van der Waals surface area (Å²) in [7, 11) is 0. The number of benzene rings is 19. The molecule has 9 nitrogen and oxygen atoms in total. The fourth-order valence-corrected chi connectivity index (χ4v) is 22.9. The Labute approximate surface area is 767 Å². The van der Waals surface area contributed by atoms with E-state index >= 15 is 0 Å². The average molecular weight is 1700 g/mol. The molecule has 0 N–H and O–H groups in total. The molecule has 134 heavy (non-hydrogen) atoms. The fraction of sp³-hybridized carbons (Fsp3) is 0.00800. The molecule has 9 heteroatoms. The lowest BCUT2D eigenvalue weighted by Gasteiger charge is -2.30. The van der Waals surface area contributed by atoms with Crippen LogP contribution >= 0.6 is 0 Å². The number of nitrogens with zero attached hydrogens (tertiary/aromatic N) is 9. The minimum atomic E-state index is -0.374. The van der Waals surface area contributed by atoms with Gasteiger partial charge in [0.2, 0.25) is 0 Å². The molecule has 0 unspecified atom stereocenters. The van der Waals surface area contributed by atoms with Crippen LogP contribution in [0, 0.1) is 0 Å². The fourth-order valence-electron chi connectivity index (χ4n) is 22.9. The zero-order valence-electron chi connectivity index (χ0n) is 72.2. The molecular weight excluding hydrogens is 1630 g/mol. The Morgan fingerprint density at radius 1 is 0.172 bits per heavy atom. The molecule has 9 heterocycles. The van der Waals surface area contributed by atoms with Crippen LogP contribution in [0.25, 0.3) is 259 Å². The van der Waals surface area contributed by atoms with Gasteiger partial charge in [0, 0.05) is 60.1 Å². The number of rotatable bonds is 5. The lowest BCUT2D eigenvalue weighted by atomic mass is 9.70. The van der Waals surface area contributed by atoms with Crippen molar-refractivity contribution in [2.24, 2.45) is 0 Å². The molecule has 9 aromatic heterocycles. The Morgan fingerprint density at radius 2 is 0.567 bits per heavy atom. The maximum absolute atomic E-state index is 5.30. The maximum atomic E-state index is 5.30. The summed E-state index contributed by atoms with van der Waals surface area (Å²) in [4.78, 5) is 30.7. The molecule has 0 radical (unpaired) electrons. The standard InChI is InChI=1S/C47H27N3.C44H25N3.C34H21N3/c1-8-18-41-30(11-1)26-36-45(48-41)35-25-28(22-24-43(35)50-44-20-10-9-19-42(44)49-46(36)50)29-21-23-34-33-14-4-7-17-39(33)47(40(34)27-29)37-15-5-2-12-31(37)32-13-3-6-16-38(32)47;1-4-16-38-29(9-1)25-37-43(45-38)36-24-27(19-22-40(36)47-41-18-6-5-17-39(41)46-44(37)47)26-10-7-11-28(23-26)30-20-21-35-32-13-3-2-12-31(32)34-15-8-14-33(30)42(34)35;1-2-7-22(8-3-1)23-12-14-24(15-13-23)26-17-18-27-31(21-26)37-30-11-5-4-10-29(30)36-34(37)28-19-16-25-9-6-20-35-33(25)32(27)28/h1-27H;1-25H;1-21H. The van der Waals surface area contributed by atoms with Crippen molar-refractivity contribution in [3.8, 4) is 100 Å². The molecule has 3 aliphatic carbocycles. The summed E-state index contributed by atoms with van der Waals surface area (Å²) in [6.45, 7) is 0. The monoisotopic (exact) mass is 1700 g/mol. The normalized spacial score (nSPS) is 12.7. The van der Waals surface area contributed by atoms with Crippen molar-refractivity contribution in [2.45, 2.75) is 5.41 Å². The van der Waals surface area contributed by atoms with Crippen LogP contribution in [0.3, 0.4) is 0 Å². The number of fused-ring (bicyclic) bond motifs is 41. The number of hydrogen-bond donors (Lipinski definition) is 0. The molecule has 0 amide bonds. The molecule has 19 aromatic carbocycles. The summed E-state index contributed by atoms with van der Waals surface area (Å²) < 4.78 is 6.92. The van der Waals surface area contributed by atoms with Gasteiger partial charge in [0.05, 0.1) is 82.6 Å². The first kappa shape index (κ1) is 74.1. The van der Waals surface area contributed by atoms with Crippen LogP contribution in [0.4, 0.5) is 0 Å². The minimum Gasteiger partial charge on any atom is -0.292 e. The average Bonchev–Trinajstić information content (AvgIpc) is 1.50. The van der Waals surface area contributed by atoms with E-state index in [2.05, 4.69) is 444 Å². The number of imidazole rings is 3. The molecule has 0 aliphatic heterocycles. The van der Waals surface area contributed by atoms with Gasteiger partial charge in [-0.15, -0.1) is 0 Å². The van der Waals surface area contributed by atoms with Crippen molar-refractivity contribution in [1.82, 2.24) is 43.1 Å². The Morgan fingerprint density at radius 3 is 1.16 bits per heavy atom. The highest BCUT2D eigenvalue weighted by Crippen LogP contribution is 2.63. The Kier molecular flexibility index (Phi) is 15.8. The van der Waals surface area contributed by atoms with Gasteiger partial charge in [-0.2, -0.15) is 0 Å². The number of pyridine rings is 6. The highest BCUT2D eigenvalue weighted by Gasteiger charge is 2.51. The second kappa shape index (κ2) is 28.5. The minimum absolute atomic E-state index is 0.374. The largest absolute Gasteiger partial charge is 0.292 e. The van der Waals surface area contributed by atoms with E-state index in [0.717, 1.165) is 148 Å². The molecule has 3 aliphatic rings. The first-order chi connectivity index (χ1) is 66.4. The molecule has 28 aromatic rings. The lowest BCUT2D eigenvalue weighted by Crippen LogP contribution is -2.25. The van der Waals surface area contributed by atoms with Gasteiger partial charge in [-0.25, -0.2) is 24.9 Å². The SMILES string of the molecule is c1cc(-c2ccc3c(c2)c2nc4ccccc4cc2c2nc4ccccc4n32)cc(-c2ccc3c4c(cccc24)-c2ccccc2-3)c1.c1ccc(-c2ccc(-c3ccc4c5c(ccc6cccnc65)c5nc6ccccc6n5c4c3)cc2)cc1.c1ccc2c(c1)-c1ccccc1C21c2ccccc2-c2ccc(-c3ccc4c(c3)c3nc5ccccc5cc3c3nc5ccccc5n43)cc21. The molecule has 0 fully saturated rings. The second-order valence-electron chi connectivity index (χ2n) is 35.8. The second-order valence-corrected chi connectivity index (χ2v) is 35.8. The Hall–Kier alpha value is -17.9. The van der Waals surface area contributed by atoms with Crippen molar-refractivity contribution in [1.29, 1.82) is 0 Å². The van der Waals surface area contributed by atoms with Crippen LogP contribution in [0.15, 0.2) is 443 Å². The van der Waals surface area contributed by atoms with Gasteiger partial charge in [0.1, 0.15) is 16.9 Å². The van der Waals surface area contributed by atoms with Crippen LogP contribution in [0.2, 0.25) is 0 Å². The molecule has 1 spiro atoms. The summed E-state index contributed by atoms with van der Waals surface area (Å²) in [6, 6.07) is 158. The van der Waals surface area contributed by atoms with Gasteiger partial charge >= 0.3 is 0 Å². The maximum Gasteiger partial charge on any atom is 0.147 e. The molecule has 0 saturated carbocycles. The zero-order valence-corrected chi connectivity index (χ0v) is 72.2. The molecule has 0 atom stereocenters. The third-order valence-corrected chi connectivity index (χ3v) is 28.8. The van der Waals surface area contributed by atoms with Crippen LogP contribution in [-0.4, -0.2) is 43.1 Å². The predicted octanol–water partition coefficient (Wildman–Crippen LogP) is 31.5. The van der Waals surface area contributed by atoms with Crippen LogP contribution in [0.5, 0.6) is 0 Å². The third-order valence-electron chi connectivity index (χ3n) is 28.8. The van der Waals surface area contributed by atoms with Gasteiger partial charge in [-0.1, -0.05) is 322 Å². The van der Waals surface area contributed by atoms with E-state index in [0.29, 0.717) is 0 Å². The van der Waals surface area contributed by atoms with E-state index < -0.39 is 0 Å². The van der Waals surface area contributed by atoms with E-state index in [1.165, 1.54) is 133 Å². The van der Waals surface area contributed by atoms with E-state index in [9.17, 15) is 0 Å². The number of hydrogen-bond acceptors (Lipinski definition) is 6. The number of aromatic nitrogens is 9. The molecule has 0 saturated heterocycles. The van der Waals surface area contributed by atoms with E-state index in [1.807, 2.05) is 12.3 Å². The quantitative estimate of drug-likeness (QED) is 0.126. The summed E-state index contributed by atoms with van der Waals surface area (Å²) in [5.74, 6) is 0. The zero-order chi connectivity index (χ0) is 87.5. The Balaban J connectivity index is 0.0000000991. The van der Waals surface area contributed by atoms with Crippen molar-refractivity contribution in [2.75, 3.05) is 0 Å². The molecular formula is C125H73N9. The predicted molar refractivity (Wildman–Crippen MR) is 554 cm³/mol. The van der Waals surface area contributed by atoms with Crippen LogP contribution < -0.4 is 0 Å². The summed E-state index contributed by atoms with van der Waals surface area (Å²) in [6.07, 6.45) is 1.88. The van der Waals surface area contributed by atoms with E-state index in [4.69, 9.17) is 29.9 Å². The van der Waals surface area contributed by atoms with Crippen molar-refractivity contribution in [3.63, 3.8) is 0 Å². The van der Waals surface area contributed by atoms with E-state index in [1.54, 1.807) is 0 Å².